The van der Waals surface area contributed by atoms with Crippen molar-refractivity contribution in [1.82, 2.24) is 9.97 Å². The van der Waals surface area contributed by atoms with E-state index in [0.29, 0.717) is 12.5 Å². The summed E-state index contributed by atoms with van der Waals surface area (Å²) in [4.78, 5) is 9.35. The van der Waals surface area contributed by atoms with Crippen molar-refractivity contribution in [2.24, 2.45) is 5.73 Å². The van der Waals surface area contributed by atoms with Crippen molar-refractivity contribution in [3.8, 4) is 5.88 Å². The van der Waals surface area contributed by atoms with Crippen LogP contribution >= 0.6 is 11.3 Å². The van der Waals surface area contributed by atoms with E-state index in [9.17, 15) is 0 Å². The van der Waals surface area contributed by atoms with Crippen molar-refractivity contribution in [3.63, 3.8) is 0 Å². The molecule has 0 aliphatic heterocycles. The molecule has 0 bridgehead atoms. The summed E-state index contributed by atoms with van der Waals surface area (Å²) >= 11 is 1.60. The molecule has 0 spiro atoms. The van der Waals surface area contributed by atoms with E-state index in [1.165, 1.54) is 12.8 Å². The molecule has 17 heavy (non-hydrogen) atoms. The lowest BCUT2D eigenvalue weighted by Gasteiger charge is -2.23. The maximum Gasteiger partial charge on any atom is 0.225 e. The highest BCUT2D eigenvalue weighted by molar-refractivity contribution is 7.16. The number of rotatable bonds is 3. The van der Waals surface area contributed by atoms with Crippen LogP contribution in [0.3, 0.4) is 0 Å². The van der Waals surface area contributed by atoms with Crippen LogP contribution in [0.15, 0.2) is 17.8 Å². The second-order valence-electron chi connectivity index (χ2n) is 4.68. The third kappa shape index (κ3) is 2.12. The number of aromatic nitrogens is 2. The third-order valence-corrected chi connectivity index (χ3v) is 4.14. The number of hydrogen-bond acceptors (Lipinski definition) is 5. The molecular weight excluding hydrogens is 234 g/mol. The van der Waals surface area contributed by atoms with Crippen molar-refractivity contribution in [1.29, 1.82) is 0 Å². The van der Waals surface area contributed by atoms with Gasteiger partial charge in [0, 0.05) is 0 Å². The first-order chi connectivity index (χ1) is 8.27. The van der Waals surface area contributed by atoms with Gasteiger partial charge in [-0.05, 0) is 24.3 Å². The Bertz CT molecular complexity index is 519. The van der Waals surface area contributed by atoms with E-state index in [4.69, 9.17) is 10.5 Å². The first-order valence-electron chi connectivity index (χ1n) is 5.87. The highest BCUT2D eigenvalue weighted by atomic mass is 32.1. The molecule has 3 rings (SSSR count). The molecule has 2 N–H and O–H groups in total. The van der Waals surface area contributed by atoms with Crippen LogP contribution in [0.1, 0.15) is 25.7 Å². The van der Waals surface area contributed by atoms with Gasteiger partial charge in [-0.25, -0.2) is 9.97 Å². The highest BCUT2D eigenvalue weighted by Gasteiger charge is 2.30. The van der Waals surface area contributed by atoms with E-state index in [1.54, 1.807) is 17.7 Å². The standard InChI is InChI=1S/C12H15N3OS/c13-12(4-1-2-5-12)7-16-10-9-3-6-17-11(9)15-8-14-10/h3,6,8H,1-2,4-5,7,13H2. The van der Waals surface area contributed by atoms with Crippen LogP contribution in [0.5, 0.6) is 5.88 Å². The summed E-state index contributed by atoms with van der Waals surface area (Å²) in [5.74, 6) is 0.660. The zero-order valence-electron chi connectivity index (χ0n) is 9.56. The number of hydrogen-bond donors (Lipinski definition) is 1. The Morgan fingerprint density at radius 2 is 2.18 bits per heavy atom. The summed E-state index contributed by atoms with van der Waals surface area (Å²) in [5.41, 5.74) is 6.10. The molecule has 2 heterocycles. The minimum absolute atomic E-state index is 0.159. The molecule has 90 valence electrons. The van der Waals surface area contributed by atoms with Crippen LogP contribution in [-0.4, -0.2) is 22.1 Å². The predicted octanol–water partition coefficient (Wildman–Crippen LogP) is 2.34. The van der Waals surface area contributed by atoms with Crippen LogP contribution in [0.2, 0.25) is 0 Å². The SMILES string of the molecule is NC1(COc2ncnc3sccc23)CCCC1. The average Bonchev–Trinajstić information content (AvgIpc) is 2.95. The molecule has 0 amide bonds. The van der Waals surface area contributed by atoms with Gasteiger partial charge in [0.25, 0.3) is 0 Å². The van der Waals surface area contributed by atoms with E-state index in [0.717, 1.165) is 23.1 Å². The topological polar surface area (TPSA) is 61.0 Å². The zero-order chi connectivity index (χ0) is 11.7. The minimum Gasteiger partial charge on any atom is -0.475 e. The number of nitrogens with two attached hydrogens (primary N) is 1. The number of thiophene rings is 1. The second kappa shape index (κ2) is 4.23. The molecular formula is C12H15N3OS. The second-order valence-corrected chi connectivity index (χ2v) is 5.57. The number of ether oxygens (including phenoxy) is 1. The Kier molecular flexibility index (Phi) is 2.72. The summed E-state index contributed by atoms with van der Waals surface area (Å²) in [5, 5.41) is 2.99. The van der Waals surface area contributed by atoms with Crippen LogP contribution in [0, 0.1) is 0 Å². The van der Waals surface area contributed by atoms with Crippen LogP contribution in [0.4, 0.5) is 0 Å². The maximum atomic E-state index is 6.26. The van der Waals surface area contributed by atoms with E-state index < -0.39 is 0 Å². The fourth-order valence-corrected chi connectivity index (χ4v) is 3.04. The molecule has 4 nitrogen and oxygen atoms in total. The monoisotopic (exact) mass is 249 g/mol. The van der Waals surface area contributed by atoms with Crippen molar-refractivity contribution in [2.75, 3.05) is 6.61 Å². The lowest BCUT2D eigenvalue weighted by atomic mass is 10.0. The molecule has 0 radical (unpaired) electrons. The van der Waals surface area contributed by atoms with E-state index >= 15 is 0 Å². The number of nitrogens with zero attached hydrogens (tertiary/aromatic N) is 2. The molecule has 1 fully saturated rings. The fraction of sp³-hybridized carbons (Fsp3) is 0.500. The summed E-state index contributed by atoms with van der Waals surface area (Å²) in [6.07, 6.45) is 6.05. The van der Waals surface area contributed by atoms with Gasteiger partial charge >= 0.3 is 0 Å². The van der Waals surface area contributed by atoms with Crippen molar-refractivity contribution >= 4 is 21.6 Å². The van der Waals surface area contributed by atoms with Gasteiger partial charge in [0.2, 0.25) is 5.88 Å². The van der Waals surface area contributed by atoms with Crippen LogP contribution in [0.25, 0.3) is 10.2 Å². The van der Waals surface area contributed by atoms with E-state index in [2.05, 4.69) is 9.97 Å². The van der Waals surface area contributed by atoms with E-state index in [1.807, 2.05) is 11.4 Å². The molecule has 0 aromatic carbocycles. The predicted molar refractivity (Wildman–Crippen MR) is 68.3 cm³/mol. The quantitative estimate of drug-likeness (QED) is 0.907. The van der Waals surface area contributed by atoms with Gasteiger partial charge in [-0.1, -0.05) is 12.8 Å². The van der Waals surface area contributed by atoms with Gasteiger partial charge in [0.1, 0.15) is 17.8 Å². The Morgan fingerprint density at radius 3 is 3.00 bits per heavy atom. The Hall–Kier alpha value is -1.20. The van der Waals surface area contributed by atoms with E-state index in [-0.39, 0.29) is 5.54 Å². The van der Waals surface area contributed by atoms with Crippen molar-refractivity contribution < 1.29 is 4.74 Å². The van der Waals surface area contributed by atoms with Gasteiger partial charge in [0.15, 0.2) is 0 Å². The largest absolute Gasteiger partial charge is 0.475 e. The van der Waals surface area contributed by atoms with Crippen molar-refractivity contribution in [3.05, 3.63) is 17.8 Å². The molecule has 2 aromatic heterocycles. The Labute approximate surface area is 104 Å². The van der Waals surface area contributed by atoms with Gasteiger partial charge in [-0.3, -0.25) is 0 Å². The summed E-state index contributed by atoms with van der Waals surface area (Å²) in [6, 6.07) is 1.99. The van der Waals surface area contributed by atoms with Crippen molar-refractivity contribution in [2.45, 2.75) is 31.2 Å². The first kappa shape index (κ1) is 10.9. The van der Waals surface area contributed by atoms with Crippen LogP contribution in [-0.2, 0) is 0 Å². The third-order valence-electron chi connectivity index (χ3n) is 3.32. The summed E-state index contributed by atoms with van der Waals surface area (Å²) < 4.78 is 5.80. The van der Waals surface area contributed by atoms with Crippen LogP contribution < -0.4 is 10.5 Å². The fourth-order valence-electron chi connectivity index (χ4n) is 2.32. The van der Waals surface area contributed by atoms with Gasteiger partial charge in [-0.15, -0.1) is 11.3 Å². The minimum atomic E-state index is -0.159. The molecule has 2 aromatic rings. The molecule has 0 atom stereocenters. The maximum absolute atomic E-state index is 6.26. The molecule has 5 heteroatoms. The first-order valence-corrected chi connectivity index (χ1v) is 6.75. The Morgan fingerprint density at radius 1 is 1.35 bits per heavy atom. The zero-order valence-corrected chi connectivity index (χ0v) is 10.4. The highest BCUT2D eigenvalue weighted by Crippen LogP contribution is 2.30. The summed E-state index contributed by atoms with van der Waals surface area (Å²) in [7, 11) is 0. The molecule has 1 saturated carbocycles. The average molecular weight is 249 g/mol. The Balaban J connectivity index is 1.78. The van der Waals surface area contributed by atoms with Gasteiger partial charge < -0.3 is 10.5 Å². The van der Waals surface area contributed by atoms with Gasteiger partial charge in [-0.2, -0.15) is 0 Å². The summed E-state index contributed by atoms with van der Waals surface area (Å²) in [6.45, 7) is 0.551. The molecule has 0 saturated heterocycles. The normalized spacial score (nSPS) is 18.6. The number of fused-ring (bicyclic) bond motifs is 1. The molecule has 1 aliphatic rings. The lowest BCUT2D eigenvalue weighted by molar-refractivity contribution is 0.216. The lowest BCUT2D eigenvalue weighted by Crippen LogP contribution is -2.42. The molecule has 1 aliphatic carbocycles. The smallest absolute Gasteiger partial charge is 0.225 e. The molecule has 0 unspecified atom stereocenters. The van der Waals surface area contributed by atoms with Gasteiger partial charge in [0.05, 0.1) is 10.9 Å².